The van der Waals surface area contributed by atoms with E-state index in [-0.39, 0.29) is 12.1 Å². The van der Waals surface area contributed by atoms with Crippen LogP contribution >= 0.6 is 0 Å². The first kappa shape index (κ1) is 12.9. The number of benzene rings is 1. The molecule has 1 fully saturated rings. The maximum absolute atomic E-state index is 9.18. The molecule has 2 atom stereocenters. The van der Waals surface area contributed by atoms with Gasteiger partial charge in [0.25, 0.3) is 0 Å². The van der Waals surface area contributed by atoms with E-state index >= 15 is 0 Å². The van der Waals surface area contributed by atoms with E-state index in [2.05, 4.69) is 17.0 Å². The van der Waals surface area contributed by atoms with Crippen molar-refractivity contribution in [2.45, 2.75) is 26.0 Å². The number of nitrogens with two attached hydrogens (primary N) is 1. The summed E-state index contributed by atoms with van der Waals surface area (Å²) in [4.78, 5) is 2.20. The molecule has 1 aromatic rings. The van der Waals surface area contributed by atoms with E-state index in [1.54, 1.807) is 0 Å². The number of rotatable bonds is 2. The van der Waals surface area contributed by atoms with Crippen LogP contribution in [0.15, 0.2) is 18.2 Å². The number of ether oxygens (including phenoxy) is 1. The molecule has 4 heteroatoms. The minimum Gasteiger partial charge on any atom is -0.373 e. The first-order valence-electron chi connectivity index (χ1n) is 6.24. The van der Waals surface area contributed by atoms with Gasteiger partial charge in [-0.05, 0) is 31.5 Å². The Morgan fingerprint density at radius 1 is 1.56 bits per heavy atom. The zero-order valence-electron chi connectivity index (χ0n) is 10.9. The topological polar surface area (TPSA) is 62.3 Å². The lowest BCUT2D eigenvalue weighted by Gasteiger charge is -2.36. The third kappa shape index (κ3) is 2.63. The third-order valence-corrected chi connectivity index (χ3v) is 3.29. The van der Waals surface area contributed by atoms with Gasteiger partial charge in [0.15, 0.2) is 0 Å². The summed E-state index contributed by atoms with van der Waals surface area (Å²) in [6.45, 7) is 6.20. The normalized spacial score (nSPS) is 21.4. The Labute approximate surface area is 108 Å². The molecule has 0 amide bonds. The van der Waals surface area contributed by atoms with Crippen molar-refractivity contribution >= 4 is 5.69 Å². The fraction of sp³-hybridized carbons (Fsp3) is 0.500. The van der Waals surface area contributed by atoms with Gasteiger partial charge in [0.1, 0.15) is 6.07 Å². The largest absolute Gasteiger partial charge is 0.373 e. The SMILES string of the molecule is Cc1ccc(C#N)c(N2CCOC(C(C)N)C2)c1. The summed E-state index contributed by atoms with van der Waals surface area (Å²) in [5, 5.41) is 9.18. The lowest BCUT2D eigenvalue weighted by atomic mass is 10.1. The van der Waals surface area contributed by atoms with Gasteiger partial charge in [-0.3, -0.25) is 0 Å². The van der Waals surface area contributed by atoms with Crippen LogP contribution in [-0.4, -0.2) is 31.8 Å². The van der Waals surface area contributed by atoms with Gasteiger partial charge in [-0.25, -0.2) is 0 Å². The van der Waals surface area contributed by atoms with E-state index in [1.807, 2.05) is 26.0 Å². The molecular formula is C14H19N3O. The van der Waals surface area contributed by atoms with Crippen molar-refractivity contribution in [3.63, 3.8) is 0 Å². The second kappa shape index (κ2) is 5.38. The van der Waals surface area contributed by atoms with E-state index in [9.17, 15) is 5.26 Å². The molecule has 2 rings (SSSR count). The molecule has 0 bridgehead atoms. The molecule has 0 saturated carbocycles. The van der Waals surface area contributed by atoms with E-state index < -0.39 is 0 Å². The third-order valence-electron chi connectivity index (χ3n) is 3.29. The van der Waals surface area contributed by atoms with Crippen LogP contribution in [0.4, 0.5) is 5.69 Å². The zero-order valence-corrected chi connectivity index (χ0v) is 10.9. The van der Waals surface area contributed by atoms with Gasteiger partial charge in [-0.2, -0.15) is 5.26 Å². The number of nitrogens with zero attached hydrogens (tertiary/aromatic N) is 2. The fourth-order valence-electron chi connectivity index (χ4n) is 2.21. The average molecular weight is 245 g/mol. The Hall–Kier alpha value is -1.57. The summed E-state index contributed by atoms with van der Waals surface area (Å²) in [5.41, 5.74) is 8.76. The van der Waals surface area contributed by atoms with Crippen molar-refractivity contribution in [3.8, 4) is 6.07 Å². The highest BCUT2D eigenvalue weighted by molar-refractivity contribution is 5.61. The van der Waals surface area contributed by atoms with Crippen LogP contribution in [0.2, 0.25) is 0 Å². The van der Waals surface area contributed by atoms with Gasteiger partial charge in [-0.15, -0.1) is 0 Å². The van der Waals surface area contributed by atoms with Gasteiger partial charge in [0.05, 0.1) is 24.0 Å². The molecule has 0 radical (unpaired) electrons. The Bertz CT molecular complexity index is 465. The van der Waals surface area contributed by atoms with E-state index in [0.29, 0.717) is 12.2 Å². The summed E-state index contributed by atoms with van der Waals surface area (Å²) in [6, 6.07) is 8.15. The maximum Gasteiger partial charge on any atom is 0.101 e. The highest BCUT2D eigenvalue weighted by Crippen LogP contribution is 2.24. The first-order valence-corrected chi connectivity index (χ1v) is 6.24. The van der Waals surface area contributed by atoms with Crippen LogP contribution in [0.5, 0.6) is 0 Å². The highest BCUT2D eigenvalue weighted by atomic mass is 16.5. The Morgan fingerprint density at radius 3 is 3.00 bits per heavy atom. The van der Waals surface area contributed by atoms with Gasteiger partial charge in [0.2, 0.25) is 0 Å². The van der Waals surface area contributed by atoms with Crippen LogP contribution in [-0.2, 0) is 4.74 Å². The quantitative estimate of drug-likeness (QED) is 0.856. The van der Waals surface area contributed by atoms with Gasteiger partial charge in [0, 0.05) is 19.1 Å². The van der Waals surface area contributed by atoms with E-state index in [4.69, 9.17) is 10.5 Å². The molecule has 96 valence electrons. The molecule has 0 aliphatic carbocycles. The van der Waals surface area contributed by atoms with Gasteiger partial charge in [-0.1, -0.05) is 6.07 Å². The Kier molecular flexibility index (Phi) is 3.85. The van der Waals surface area contributed by atoms with E-state index in [0.717, 1.165) is 24.3 Å². The second-order valence-electron chi connectivity index (χ2n) is 4.85. The summed E-state index contributed by atoms with van der Waals surface area (Å²) < 4.78 is 5.65. The number of anilines is 1. The molecule has 4 nitrogen and oxygen atoms in total. The molecule has 1 heterocycles. The molecule has 18 heavy (non-hydrogen) atoms. The smallest absolute Gasteiger partial charge is 0.101 e. The molecule has 0 aromatic heterocycles. The average Bonchev–Trinajstić information content (AvgIpc) is 2.39. The van der Waals surface area contributed by atoms with Crippen molar-refractivity contribution in [2.75, 3.05) is 24.6 Å². The fourth-order valence-corrected chi connectivity index (χ4v) is 2.21. The number of aryl methyl sites for hydroxylation is 1. The van der Waals surface area contributed by atoms with Gasteiger partial charge >= 0.3 is 0 Å². The minimum absolute atomic E-state index is 0.00291. The van der Waals surface area contributed by atoms with Crippen LogP contribution in [0.25, 0.3) is 0 Å². The van der Waals surface area contributed by atoms with E-state index in [1.165, 1.54) is 0 Å². The Balaban J connectivity index is 2.25. The Morgan fingerprint density at radius 2 is 2.33 bits per heavy atom. The predicted molar refractivity (Wildman–Crippen MR) is 71.5 cm³/mol. The molecule has 1 aromatic carbocycles. The summed E-state index contributed by atoms with van der Waals surface area (Å²) in [7, 11) is 0. The number of nitriles is 1. The number of morpholine rings is 1. The number of hydrogen-bond donors (Lipinski definition) is 1. The van der Waals surface area contributed by atoms with Crippen molar-refractivity contribution < 1.29 is 4.74 Å². The van der Waals surface area contributed by atoms with Crippen LogP contribution in [0.3, 0.4) is 0 Å². The highest BCUT2D eigenvalue weighted by Gasteiger charge is 2.24. The van der Waals surface area contributed by atoms with Crippen molar-refractivity contribution in [2.24, 2.45) is 5.73 Å². The minimum atomic E-state index is 0.00291. The molecule has 1 aliphatic heterocycles. The summed E-state index contributed by atoms with van der Waals surface area (Å²) >= 11 is 0. The summed E-state index contributed by atoms with van der Waals surface area (Å²) in [6.07, 6.45) is 0.0332. The lowest BCUT2D eigenvalue weighted by molar-refractivity contribution is 0.0276. The van der Waals surface area contributed by atoms with Crippen molar-refractivity contribution in [1.29, 1.82) is 5.26 Å². The first-order chi connectivity index (χ1) is 8.61. The van der Waals surface area contributed by atoms with Crippen LogP contribution in [0.1, 0.15) is 18.1 Å². The monoisotopic (exact) mass is 245 g/mol. The zero-order chi connectivity index (χ0) is 13.1. The molecular weight excluding hydrogens is 226 g/mol. The second-order valence-corrected chi connectivity index (χ2v) is 4.85. The molecule has 1 aliphatic rings. The molecule has 2 unspecified atom stereocenters. The number of hydrogen-bond acceptors (Lipinski definition) is 4. The molecule has 2 N–H and O–H groups in total. The molecule has 0 spiro atoms. The van der Waals surface area contributed by atoms with Crippen LogP contribution in [0, 0.1) is 18.3 Å². The predicted octanol–water partition coefficient (Wildman–Crippen LogP) is 1.42. The lowest BCUT2D eigenvalue weighted by Crippen LogP contribution is -2.49. The maximum atomic E-state index is 9.18. The molecule has 1 saturated heterocycles. The van der Waals surface area contributed by atoms with Gasteiger partial charge < -0.3 is 15.4 Å². The van der Waals surface area contributed by atoms with Crippen molar-refractivity contribution in [1.82, 2.24) is 0 Å². The van der Waals surface area contributed by atoms with Crippen LogP contribution < -0.4 is 10.6 Å². The standard InChI is InChI=1S/C14H19N3O/c1-10-3-4-12(8-15)13(7-10)17-5-6-18-14(9-17)11(2)16/h3-4,7,11,14H,5-6,9,16H2,1-2H3. The van der Waals surface area contributed by atoms with Crippen molar-refractivity contribution in [3.05, 3.63) is 29.3 Å². The summed E-state index contributed by atoms with van der Waals surface area (Å²) in [5.74, 6) is 0.